The number of allylic oxidation sites excluding steroid dienone is 8. The van der Waals surface area contributed by atoms with Crippen LogP contribution in [0.2, 0.25) is 9.26 Å². The number of hydrogen-bond acceptors (Lipinski definition) is 0. The van der Waals surface area contributed by atoms with Gasteiger partial charge in [-0.15, -0.1) is 0 Å². The van der Waals surface area contributed by atoms with Gasteiger partial charge in [0, 0.05) is 0 Å². The molecular formula is C22H38SiZr. The topological polar surface area (TPSA) is 0 Å². The third-order valence-electron chi connectivity index (χ3n) is 6.05. The fourth-order valence-corrected chi connectivity index (χ4v) is 20.9. The maximum absolute atomic E-state index is 3.10. The summed E-state index contributed by atoms with van der Waals surface area (Å²) in [6.45, 7) is 21.3. The van der Waals surface area contributed by atoms with Crippen LogP contribution in [0.15, 0.2) is 42.0 Å². The third-order valence-corrected chi connectivity index (χ3v) is 22.9. The molecule has 2 aliphatic rings. The summed E-state index contributed by atoms with van der Waals surface area (Å²) in [5.41, 5.74) is 3.58. The van der Waals surface area contributed by atoms with Crippen molar-refractivity contribution in [1.29, 1.82) is 0 Å². The van der Waals surface area contributed by atoms with E-state index in [1.54, 1.807) is 6.56 Å². The van der Waals surface area contributed by atoms with Gasteiger partial charge in [-0.25, -0.2) is 0 Å². The molecule has 0 bridgehead atoms. The van der Waals surface area contributed by atoms with Crippen molar-refractivity contribution in [2.75, 3.05) is 0 Å². The van der Waals surface area contributed by atoms with Crippen LogP contribution in [0.3, 0.4) is 0 Å². The minimum atomic E-state index is -3.10. The van der Waals surface area contributed by atoms with Gasteiger partial charge in [-0.1, -0.05) is 0 Å². The molecule has 0 aliphatic heterocycles. The molecule has 0 aromatic rings. The fourth-order valence-electron chi connectivity index (χ4n) is 4.44. The molecule has 0 aromatic heterocycles. The Kier molecular flexibility index (Phi) is 4.91. The van der Waals surface area contributed by atoms with Gasteiger partial charge < -0.3 is 0 Å². The van der Waals surface area contributed by atoms with E-state index in [0.29, 0.717) is 11.8 Å². The standard InChI is InChI=1S/2C10H15.2CH3.H2Si.Zr/c2*1-8-5-6-9(7-8)10(2,3)4;;;;/h2*6-8H,1-4H3;2*1H3;1H2;. The average Bonchev–Trinajstić information content (AvgIpc) is 2.91. The molecule has 2 heteroatoms. The molecule has 2 atom stereocenters. The van der Waals surface area contributed by atoms with E-state index in [-0.39, 0.29) is 10.8 Å². The zero-order valence-corrected chi connectivity index (χ0v) is 21.5. The molecule has 0 radical (unpaired) electrons. The van der Waals surface area contributed by atoms with Crippen LogP contribution in [0.4, 0.5) is 0 Å². The van der Waals surface area contributed by atoms with E-state index < -0.39 is 17.4 Å². The first-order valence-corrected chi connectivity index (χ1v) is 22.8. The summed E-state index contributed by atoms with van der Waals surface area (Å²) in [6.07, 6.45) is 10.2. The molecule has 24 heavy (non-hydrogen) atoms. The Labute approximate surface area is 153 Å². The normalized spacial score (nSPS) is 26.1. The molecule has 134 valence electrons. The van der Waals surface area contributed by atoms with Gasteiger partial charge in [-0.05, 0) is 0 Å². The summed E-state index contributed by atoms with van der Waals surface area (Å²) in [4.78, 5) is 0. The van der Waals surface area contributed by atoms with Crippen LogP contribution in [-0.2, 0) is 17.4 Å². The van der Waals surface area contributed by atoms with Crippen molar-refractivity contribution in [1.82, 2.24) is 0 Å². The minimum absolute atomic E-state index is 0.252. The molecule has 0 fully saturated rings. The van der Waals surface area contributed by atoms with Crippen molar-refractivity contribution in [3.05, 3.63) is 42.0 Å². The van der Waals surface area contributed by atoms with E-state index in [2.05, 4.69) is 95.8 Å². The molecule has 0 saturated carbocycles. The molecule has 0 aromatic carbocycles. The summed E-state index contributed by atoms with van der Waals surface area (Å²) >= 11 is -3.10. The van der Waals surface area contributed by atoms with Crippen LogP contribution in [0, 0.1) is 22.7 Å². The van der Waals surface area contributed by atoms with E-state index in [1.165, 1.54) is 11.1 Å². The fraction of sp³-hybridized carbons (Fsp3) is 0.636. The molecular weight excluding hydrogens is 384 g/mol. The van der Waals surface area contributed by atoms with E-state index in [0.717, 1.165) is 0 Å². The molecule has 0 heterocycles. The van der Waals surface area contributed by atoms with Gasteiger partial charge in [0.05, 0.1) is 0 Å². The van der Waals surface area contributed by atoms with Crippen molar-refractivity contribution in [3.63, 3.8) is 0 Å². The summed E-state index contributed by atoms with van der Waals surface area (Å²) in [5.74, 6) is 1.20. The Morgan fingerprint density at radius 2 is 1.04 bits per heavy atom. The Morgan fingerprint density at radius 1 is 0.750 bits per heavy atom. The third kappa shape index (κ3) is 3.61. The summed E-state index contributed by atoms with van der Waals surface area (Å²) in [7, 11) is 0. The Balaban J connectivity index is 2.53. The number of rotatable bonds is 2. The van der Waals surface area contributed by atoms with Crippen molar-refractivity contribution >= 4 is 6.88 Å². The van der Waals surface area contributed by atoms with Crippen molar-refractivity contribution in [3.8, 4) is 0 Å². The first-order chi connectivity index (χ1) is 10.5. The maximum atomic E-state index is 2.66. The summed E-state index contributed by atoms with van der Waals surface area (Å²) < 4.78 is 8.87. The molecule has 0 amide bonds. The van der Waals surface area contributed by atoms with E-state index in [1.807, 2.05) is 0 Å². The number of hydrogen-bond donors (Lipinski definition) is 0. The monoisotopic (exact) mass is 420 g/mol. The second-order valence-corrected chi connectivity index (χ2v) is 39.8. The Hall–Kier alpha value is 0.0600. The van der Waals surface area contributed by atoms with Crippen LogP contribution in [0.1, 0.15) is 55.4 Å². The van der Waals surface area contributed by atoms with Gasteiger partial charge in [0.25, 0.3) is 0 Å². The molecule has 0 spiro atoms. The van der Waals surface area contributed by atoms with E-state index >= 15 is 0 Å². The molecule has 0 N–H and O–H groups in total. The molecule has 2 aliphatic carbocycles. The van der Waals surface area contributed by atoms with Crippen molar-refractivity contribution < 1.29 is 17.4 Å². The van der Waals surface area contributed by atoms with Gasteiger partial charge >= 0.3 is 154 Å². The van der Waals surface area contributed by atoms with Gasteiger partial charge in [-0.3, -0.25) is 0 Å². The Bertz CT molecular complexity index is 678. The summed E-state index contributed by atoms with van der Waals surface area (Å²) in [6, 6.07) is 0. The van der Waals surface area contributed by atoms with E-state index in [9.17, 15) is 0 Å². The zero-order chi connectivity index (χ0) is 18.7. The first kappa shape index (κ1) is 20.4. The quantitative estimate of drug-likeness (QED) is 0.457. The van der Waals surface area contributed by atoms with Crippen LogP contribution in [0.5, 0.6) is 0 Å². The van der Waals surface area contributed by atoms with Gasteiger partial charge in [-0.2, -0.15) is 0 Å². The molecule has 0 saturated heterocycles. The molecule has 2 rings (SSSR count). The van der Waals surface area contributed by atoms with Crippen LogP contribution < -0.4 is 0 Å². The van der Waals surface area contributed by atoms with Crippen LogP contribution >= 0.6 is 0 Å². The first-order valence-electron chi connectivity index (χ1n) is 9.48. The van der Waals surface area contributed by atoms with E-state index in [4.69, 9.17) is 0 Å². The Morgan fingerprint density at radius 3 is 1.25 bits per heavy atom. The van der Waals surface area contributed by atoms with Crippen molar-refractivity contribution in [2.45, 2.75) is 64.7 Å². The van der Waals surface area contributed by atoms with Gasteiger partial charge in [0.15, 0.2) is 0 Å². The van der Waals surface area contributed by atoms with Crippen LogP contribution in [-0.4, -0.2) is 6.88 Å². The second kappa shape index (κ2) is 5.78. The van der Waals surface area contributed by atoms with Crippen LogP contribution in [0.25, 0.3) is 0 Å². The average molecular weight is 422 g/mol. The SMILES string of the molecule is CC1C=C(C(C)(C)C)C=[C]1[Zr]([CH3])([CH3])(=[SiH2])[C]1=CC(C(C)(C)C)=CC1C. The van der Waals surface area contributed by atoms with Gasteiger partial charge in [0.2, 0.25) is 0 Å². The predicted molar refractivity (Wildman–Crippen MR) is 110 cm³/mol. The zero-order valence-electron chi connectivity index (χ0n) is 17.7. The molecule has 2 unspecified atom stereocenters. The van der Waals surface area contributed by atoms with Gasteiger partial charge in [0.1, 0.15) is 0 Å². The predicted octanol–water partition coefficient (Wildman–Crippen LogP) is 6.33. The summed E-state index contributed by atoms with van der Waals surface area (Å²) in [5, 5.41) is 0. The molecule has 0 nitrogen and oxygen atoms in total. The second-order valence-electron chi connectivity index (χ2n) is 11.2. The van der Waals surface area contributed by atoms with Crippen molar-refractivity contribution in [2.24, 2.45) is 22.7 Å².